The van der Waals surface area contributed by atoms with Crippen LogP contribution in [0.4, 0.5) is 22.0 Å². The van der Waals surface area contributed by atoms with E-state index >= 15 is 0 Å². The van der Waals surface area contributed by atoms with E-state index in [0.717, 1.165) is 0 Å². The molecule has 0 atom stereocenters. The Bertz CT molecular complexity index is 488. The lowest BCUT2D eigenvalue weighted by molar-refractivity contribution is -0.140. The highest BCUT2D eigenvalue weighted by Gasteiger charge is 2.37. The molecule has 0 spiro atoms. The summed E-state index contributed by atoms with van der Waals surface area (Å²) in [7, 11) is 0. The maximum atomic E-state index is 12.8. The van der Waals surface area contributed by atoms with Crippen molar-refractivity contribution in [2.45, 2.75) is 25.6 Å². The zero-order valence-corrected chi connectivity index (χ0v) is 9.34. The van der Waals surface area contributed by atoms with E-state index in [2.05, 4.69) is 4.98 Å². The third-order valence-corrected chi connectivity index (χ3v) is 2.36. The Morgan fingerprint density at radius 3 is 2.37 bits per heavy atom. The molecule has 0 amide bonds. The number of nitrogens with zero attached hydrogens (tertiary/aromatic N) is 1. The lowest BCUT2D eigenvalue weighted by atomic mass is 9.98. The summed E-state index contributed by atoms with van der Waals surface area (Å²) in [5.41, 5.74) is 1.14. The summed E-state index contributed by atoms with van der Waals surface area (Å²) in [5, 5.41) is 8.56. The van der Waals surface area contributed by atoms with Crippen LogP contribution in [0.15, 0.2) is 6.20 Å². The number of hydrogen-bond donors (Lipinski definition) is 2. The van der Waals surface area contributed by atoms with E-state index in [1.807, 2.05) is 0 Å². The predicted molar refractivity (Wildman–Crippen MR) is 53.4 cm³/mol. The number of halogens is 5. The van der Waals surface area contributed by atoms with Crippen molar-refractivity contribution in [3.8, 4) is 0 Å². The third-order valence-electron chi connectivity index (χ3n) is 2.36. The van der Waals surface area contributed by atoms with Gasteiger partial charge in [0.15, 0.2) is 0 Å². The second-order valence-electron chi connectivity index (χ2n) is 3.58. The minimum Gasteiger partial charge on any atom is -0.481 e. The number of aromatic nitrogens is 1. The summed E-state index contributed by atoms with van der Waals surface area (Å²) in [4.78, 5) is 13.8. The maximum absolute atomic E-state index is 12.8. The quantitative estimate of drug-likeness (QED) is 0.830. The van der Waals surface area contributed by atoms with Crippen molar-refractivity contribution in [2.75, 3.05) is 0 Å². The Kier molecular flexibility index (Phi) is 4.40. The van der Waals surface area contributed by atoms with E-state index in [1.54, 1.807) is 0 Å². The summed E-state index contributed by atoms with van der Waals surface area (Å²) in [6.07, 6.45) is -9.10. The molecule has 1 aromatic rings. The van der Waals surface area contributed by atoms with Gasteiger partial charge in [0.25, 0.3) is 6.43 Å². The molecule has 1 aromatic heterocycles. The third kappa shape index (κ3) is 3.37. The van der Waals surface area contributed by atoms with Crippen LogP contribution in [0.1, 0.15) is 28.8 Å². The minimum atomic E-state index is -4.96. The number of aliphatic carboxylic acids is 1. The zero-order chi connectivity index (χ0) is 14.8. The average molecular weight is 284 g/mol. The van der Waals surface area contributed by atoms with E-state index in [1.165, 1.54) is 0 Å². The molecule has 4 nitrogen and oxygen atoms in total. The monoisotopic (exact) mass is 284 g/mol. The highest BCUT2D eigenvalue weighted by atomic mass is 19.4. The highest BCUT2D eigenvalue weighted by Crippen LogP contribution is 2.37. The Labute approximate surface area is 104 Å². The lowest BCUT2D eigenvalue weighted by Gasteiger charge is -2.17. The number of carbonyl (C=O) groups is 1. The average Bonchev–Trinajstić information content (AvgIpc) is 2.25. The van der Waals surface area contributed by atoms with E-state index in [4.69, 9.17) is 10.8 Å². The van der Waals surface area contributed by atoms with Crippen LogP contribution < -0.4 is 5.73 Å². The summed E-state index contributed by atoms with van der Waals surface area (Å²) >= 11 is 0. The van der Waals surface area contributed by atoms with Crippen molar-refractivity contribution >= 4 is 5.97 Å². The Hall–Kier alpha value is -1.77. The molecule has 0 fully saturated rings. The topological polar surface area (TPSA) is 76.2 Å². The molecule has 1 rings (SSSR count). The van der Waals surface area contributed by atoms with Crippen LogP contribution in [0.3, 0.4) is 0 Å². The van der Waals surface area contributed by atoms with Gasteiger partial charge < -0.3 is 10.8 Å². The minimum absolute atomic E-state index is 0.326. The molecule has 0 unspecified atom stereocenters. The molecule has 0 radical (unpaired) electrons. The van der Waals surface area contributed by atoms with Gasteiger partial charge >= 0.3 is 12.1 Å². The fourth-order valence-electron chi connectivity index (χ4n) is 1.62. The molecule has 106 valence electrons. The molecule has 1 heterocycles. The van der Waals surface area contributed by atoms with Crippen molar-refractivity contribution in [1.29, 1.82) is 0 Å². The van der Waals surface area contributed by atoms with E-state index < -0.39 is 53.9 Å². The van der Waals surface area contributed by atoms with Gasteiger partial charge in [-0.05, 0) is 5.56 Å². The van der Waals surface area contributed by atoms with Gasteiger partial charge in [-0.25, -0.2) is 8.78 Å². The van der Waals surface area contributed by atoms with Gasteiger partial charge in [-0.1, -0.05) is 0 Å². The number of pyridine rings is 1. The van der Waals surface area contributed by atoms with Crippen molar-refractivity contribution in [1.82, 2.24) is 4.98 Å². The van der Waals surface area contributed by atoms with Crippen molar-refractivity contribution < 1.29 is 31.9 Å². The summed E-state index contributed by atoms with van der Waals surface area (Å²) in [6.45, 7) is -0.509. The lowest BCUT2D eigenvalue weighted by Crippen LogP contribution is -2.18. The Morgan fingerprint density at radius 2 is 2.00 bits per heavy atom. The van der Waals surface area contributed by atoms with E-state index in [-0.39, 0.29) is 0 Å². The Balaban J connectivity index is 3.58. The zero-order valence-electron chi connectivity index (χ0n) is 9.34. The molecule has 0 aromatic carbocycles. The highest BCUT2D eigenvalue weighted by molar-refractivity contribution is 5.71. The molecular formula is C10H9F5N2O2. The first-order valence-corrected chi connectivity index (χ1v) is 4.96. The molecule has 19 heavy (non-hydrogen) atoms. The second-order valence-corrected chi connectivity index (χ2v) is 3.58. The van der Waals surface area contributed by atoms with E-state index in [0.29, 0.717) is 6.20 Å². The van der Waals surface area contributed by atoms with Crippen molar-refractivity contribution in [2.24, 2.45) is 5.73 Å². The first-order chi connectivity index (χ1) is 8.68. The number of carboxylic acids is 1. The fraction of sp³-hybridized carbons (Fsp3) is 0.400. The molecular weight excluding hydrogens is 275 g/mol. The molecule has 0 aliphatic carbocycles. The van der Waals surface area contributed by atoms with Crippen LogP contribution in [-0.2, 0) is 23.9 Å². The van der Waals surface area contributed by atoms with Crippen LogP contribution in [0.25, 0.3) is 0 Å². The van der Waals surface area contributed by atoms with Gasteiger partial charge in [0.2, 0.25) is 0 Å². The molecule has 0 saturated heterocycles. The van der Waals surface area contributed by atoms with Crippen LogP contribution in [-0.4, -0.2) is 16.1 Å². The fourth-order valence-corrected chi connectivity index (χ4v) is 1.62. The van der Waals surface area contributed by atoms with Gasteiger partial charge in [-0.2, -0.15) is 13.2 Å². The number of rotatable bonds is 4. The van der Waals surface area contributed by atoms with Crippen LogP contribution in [0.5, 0.6) is 0 Å². The molecule has 0 bridgehead atoms. The SMILES string of the molecule is NCc1ncc(C(F)(F)F)c(CC(=O)O)c1C(F)F. The number of nitrogens with two attached hydrogens (primary N) is 1. The summed E-state index contributed by atoms with van der Waals surface area (Å²) in [5.74, 6) is -1.65. The largest absolute Gasteiger partial charge is 0.481 e. The van der Waals surface area contributed by atoms with Crippen LogP contribution in [0.2, 0.25) is 0 Å². The normalized spacial score (nSPS) is 11.9. The number of alkyl halides is 5. The van der Waals surface area contributed by atoms with Gasteiger partial charge in [-0.15, -0.1) is 0 Å². The molecule has 0 saturated carbocycles. The van der Waals surface area contributed by atoms with E-state index in [9.17, 15) is 26.7 Å². The summed E-state index contributed by atoms with van der Waals surface area (Å²) < 4.78 is 63.7. The first kappa shape index (κ1) is 15.3. The smallest absolute Gasteiger partial charge is 0.418 e. The second kappa shape index (κ2) is 5.47. The number of hydrogen-bond acceptors (Lipinski definition) is 3. The van der Waals surface area contributed by atoms with Crippen LogP contribution in [0, 0.1) is 0 Å². The predicted octanol–water partition coefficient (Wildman–Crippen LogP) is 2.12. The van der Waals surface area contributed by atoms with Crippen LogP contribution >= 0.6 is 0 Å². The molecule has 9 heteroatoms. The Morgan fingerprint density at radius 1 is 1.42 bits per heavy atom. The van der Waals surface area contributed by atoms with Gasteiger partial charge in [0.1, 0.15) is 0 Å². The van der Waals surface area contributed by atoms with Gasteiger partial charge in [0, 0.05) is 18.3 Å². The summed E-state index contributed by atoms with van der Waals surface area (Å²) in [6, 6.07) is 0. The molecule has 0 aliphatic heterocycles. The molecule has 0 aliphatic rings. The van der Waals surface area contributed by atoms with Crippen molar-refractivity contribution in [3.05, 3.63) is 28.6 Å². The van der Waals surface area contributed by atoms with Crippen molar-refractivity contribution in [3.63, 3.8) is 0 Å². The molecule has 3 N–H and O–H groups in total. The number of carboxylic acid groups (broad SMARTS) is 1. The van der Waals surface area contributed by atoms with Gasteiger partial charge in [-0.3, -0.25) is 9.78 Å². The maximum Gasteiger partial charge on any atom is 0.418 e. The first-order valence-electron chi connectivity index (χ1n) is 4.96. The standard InChI is InChI=1S/C10H9F5N2O2/c11-9(12)8-4(1-7(18)19)5(10(13,14)15)3-17-6(8)2-16/h3,9H,1-2,16H2,(H,18,19). The van der Waals surface area contributed by atoms with Gasteiger partial charge in [0.05, 0.1) is 17.7 Å².